The van der Waals surface area contributed by atoms with Gasteiger partial charge in [-0.3, -0.25) is 24.0 Å². The number of carbonyl (C=O) groups is 5. The maximum Gasteiger partial charge on any atom is 0.251 e. The molecule has 0 aliphatic heterocycles. The summed E-state index contributed by atoms with van der Waals surface area (Å²) < 4.78 is 0. The van der Waals surface area contributed by atoms with Gasteiger partial charge in [0.15, 0.2) is 5.78 Å². The topological polar surface area (TPSA) is 161 Å². The molecule has 0 aliphatic carbocycles. The molecule has 2 aromatic carbocycles. The van der Waals surface area contributed by atoms with Crippen molar-refractivity contribution in [2.45, 2.75) is 57.5 Å². The number of carbonyl (C=O) groups excluding carboxylic acids is 5. The number of nitrogens with one attached hydrogen (secondary N) is 2. The van der Waals surface area contributed by atoms with Crippen LogP contribution in [-0.4, -0.2) is 41.5 Å². The maximum atomic E-state index is 13.4. The Labute approximate surface area is 211 Å². The molecule has 36 heavy (non-hydrogen) atoms. The number of amides is 4. The maximum absolute atomic E-state index is 13.4. The smallest absolute Gasteiger partial charge is 0.251 e. The van der Waals surface area contributed by atoms with Crippen molar-refractivity contribution in [3.8, 4) is 0 Å². The molecule has 0 unspecified atom stereocenters. The zero-order chi connectivity index (χ0) is 26.5. The fourth-order valence-electron chi connectivity index (χ4n) is 3.80. The van der Waals surface area contributed by atoms with Crippen molar-refractivity contribution < 1.29 is 24.0 Å². The normalized spacial score (nSPS) is 13.1. The molecule has 0 fully saturated rings. The summed E-state index contributed by atoms with van der Waals surface area (Å²) in [4.78, 5) is 62.2. The van der Waals surface area contributed by atoms with E-state index in [4.69, 9.17) is 11.5 Å². The summed E-state index contributed by atoms with van der Waals surface area (Å²) in [5.41, 5.74) is 11.7. The second kappa shape index (κ2) is 14.4. The lowest BCUT2D eigenvalue weighted by molar-refractivity contribution is -0.133. The van der Waals surface area contributed by atoms with Gasteiger partial charge in [-0.1, -0.05) is 68.3 Å². The number of primary amides is 2. The highest BCUT2D eigenvalue weighted by Crippen LogP contribution is 2.17. The lowest BCUT2D eigenvalue weighted by Crippen LogP contribution is -2.49. The highest BCUT2D eigenvalue weighted by atomic mass is 16.2. The zero-order valence-corrected chi connectivity index (χ0v) is 20.4. The van der Waals surface area contributed by atoms with Crippen molar-refractivity contribution in [3.63, 3.8) is 0 Å². The van der Waals surface area contributed by atoms with Crippen molar-refractivity contribution in [1.82, 2.24) is 10.6 Å². The van der Waals surface area contributed by atoms with Crippen LogP contribution in [0.4, 0.5) is 0 Å². The third-order valence-electron chi connectivity index (χ3n) is 5.80. The van der Waals surface area contributed by atoms with E-state index in [1.54, 1.807) is 30.3 Å². The first-order valence-electron chi connectivity index (χ1n) is 12.0. The molecule has 2 aromatic rings. The van der Waals surface area contributed by atoms with Gasteiger partial charge in [0.1, 0.15) is 6.04 Å². The molecule has 0 saturated carbocycles. The van der Waals surface area contributed by atoms with Gasteiger partial charge in [0.05, 0.1) is 12.5 Å². The van der Waals surface area contributed by atoms with Gasteiger partial charge >= 0.3 is 0 Å². The Morgan fingerprint density at radius 1 is 0.806 bits per heavy atom. The number of unbranched alkanes of at least 4 members (excludes halogenated alkanes) is 1. The van der Waals surface area contributed by atoms with Crippen LogP contribution >= 0.6 is 0 Å². The second-order valence-corrected chi connectivity index (χ2v) is 8.73. The summed E-state index contributed by atoms with van der Waals surface area (Å²) in [6.07, 6.45) is 1.52. The van der Waals surface area contributed by atoms with Gasteiger partial charge in [0.2, 0.25) is 17.7 Å². The van der Waals surface area contributed by atoms with Crippen LogP contribution in [0.5, 0.6) is 0 Å². The summed E-state index contributed by atoms with van der Waals surface area (Å²) in [6, 6.07) is 15.7. The van der Waals surface area contributed by atoms with E-state index in [0.29, 0.717) is 18.4 Å². The van der Waals surface area contributed by atoms with E-state index in [2.05, 4.69) is 10.6 Å². The number of Topliss-reactive ketones (excluding diaryl/α,β-unsaturated/α-hetero) is 1. The van der Waals surface area contributed by atoms with Gasteiger partial charge in [-0.05, 0) is 30.5 Å². The average Bonchev–Trinajstić information content (AvgIpc) is 2.86. The Bertz CT molecular complexity index is 1040. The molecule has 0 aromatic heterocycles. The van der Waals surface area contributed by atoms with E-state index in [9.17, 15) is 24.0 Å². The fourth-order valence-corrected chi connectivity index (χ4v) is 3.80. The van der Waals surface area contributed by atoms with Gasteiger partial charge in [0.25, 0.3) is 5.91 Å². The van der Waals surface area contributed by atoms with E-state index < -0.39 is 48.1 Å². The standard InChI is InChI=1S/C27H34N4O5/c1-2-3-12-20(27(36)31-22(25(29)34)17-24(28)33)16-23(32)21(15-18-10-6-4-7-11-18)30-26(35)19-13-8-5-9-14-19/h4-11,13-14,20-22H,2-3,12,15-17H2,1H3,(H2,28,33)(H2,29,34)(H,30,35)(H,31,36)/t20-,21+,22+/m1/s1. The predicted molar refractivity (Wildman–Crippen MR) is 135 cm³/mol. The number of rotatable bonds is 15. The van der Waals surface area contributed by atoms with Crippen LogP contribution in [0.15, 0.2) is 60.7 Å². The summed E-state index contributed by atoms with van der Waals surface area (Å²) in [6.45, 7) is 1.95. The van der Waals surface area contributed by atoms with Gasteiger partial charge in [-0.15, -0.1) is 0 Å². The molecular weight excluding hydrogens is 460 g/mol. The molecule has 0 spiro atoms. The van der Waals surface area contributed by atoms with Crippen molar-refractivity contribution in [1.29, 1.82) is 0 Å². The Balaban J connectivity index is 2.22. The molecule has 0 bridgehead atoms. The zero-order valence-electron chi connectivity index (χ0n) is 20.4. The molecule has 6 N–H and O–H groups in total. The minimum atomic E-state index is -1.26. The molecule has 0 saturated heterocycles. The highest BCUT2D eigenvalue weighted by Gasteiger charge is 2.30. The van der Waals surface area contributed by atoms with E-state index in [0.717, 1.165) is 12.0 Å². The van der Waals surface area contributed by atoms with Gasteiger partial charge in [-0.2, -0.15) is 0 Å². The van der Waals surface area contributed by atoms with Crippen LogP contribution in [0.3, 0.4) is 0 Å². The minimum Gasteiger partial charge on any atom is -0.370 e. The Morgan fingerprint density at radius 3 is 1.97 bits per heavy atom. The van der Waals surface area contributed by atoms with Crippen molar-refractivity contribution in [2.75, 3.05) is 0 Å². The van der Waals surface area contributed by atoms with E-state index in [1.165, 1.54) is 0 Å². The average molecular weight is 495 g/mol. The Morgan fingerprint density at radius 2 is 1.42 bits per heavy atom. The van der Waals surface area contributed by atoms with Crippen molar-refractivity contribution in [3.05, 3.63) is 71.8 Å². The van der Waals surface area contributed by atoms with Crippen LogP contribution in [0.25, 0.3) is 0 Å². The molecule has 0 heterocycles. The fraction of sp³-hybridized carbons (Fsp3) is 0.370. The second-order valence-electron chi connectivity index (χ2n) is 8.73. The molecule has 9 heteroatoms. The Hall–Kier alpha value is -4.01. The summed E-state index contributed by atoms with van der Waals surface area (Å²) in [5, 5.41) is 5.28. The predicted octanol–water partition coefficient (Wildman–Crippen LogP) is 1.64. The largest absolute Gasteiger partial charge is 0.370 e. The van der Waals surface area contributed by atoms with Crippen LogP contribution < -0.4 is 22.1 Å². The first-order valence-corrected chi connectivity index (χ1v) is 12.0. The minimum absolute atomic E-state index is 0.152. The van der Waals surface area contributed by atoms with Gasteiger partial charge in [-0.25, -0.2) is 0 Å². The molecule has 0 radical (unpaired) electrons. The monoisotopic (exact) mass is 494 g/mol. The number of hydrogen-bond acceptors (Lipinski definition) is 5. The van der Waals surface area contributed by atoms with Crippen LogP contribution in [0, 0.1) is 5.92 Å². The number of hydrogen-bond donors (Lipinski definition) is 4. The molecule has 192 valence electrons. The lowest BCUT2D eigenvalue weighted by Gasteiger charge is -2.23. The molecule has 3 atom stereocenters. The first-order chi connectivity index (χ1) is 17.2. The van der Waals surface area contributed by atoms with Crippen molar-refractivity contribution in [2.24, 2.45) is 17.4 Å². The molecule has 2 rings (SSSR count). The SMILES string of the molecule is CCCC[C@H](CC(=O)[C@H](Cc1ccccc1)NC(=O)c1ccccc1)C(=O)N[C@@H](CC(N)=O)C(N)=O. The van der Waals surface area contributed by atoms with E-state index >= 15 is 0 Å². The molecule has 0 aliphatic rings. The Kier molecular flexibility index (Phi) is 11.3. The number of ketones is 1. The summed E-state index contributed by atoms with van der Waals surface area (Å²) in [7, 11) is 0. The van der Waals surface area contributed by atoms with E-state index in [-0.39, 0.29) is 18.6 Å². The first kappa shape index (κ1) is 28.2. The molecular formula is C27H34N4O5. The lowest BCUT2D eigenvalue weighted by atomic mass is 9.90. The van der Waals surface area contributed by atoms with Crippen LogP contribution in [-0.2, 0) is 25.6 Å². The molecule has 9 nitrogen and oxygen atoms in total. The molecule has 4 amide bonds. The van der Waals surface area contributed by atoms with Gasteiger partial charge < -0.3 is 22.1 Å². The van der Waals surface area contributed by atoms with Crippen LogP contribution in [0.1, 0.15) is 54.9 Å². The van der Waals surface area contributed by atoms with E-state index in [1.807, 2.05) is 37.3 Å². The highest BCUT2D eigenvalue weighted by molar-refractivity contribution is 5.99. The quantitative estimate of drug-likeness (QED) is 0.295. The van der Waals surface area contributed by atoms with Crippen LogP contribution in [0.2, 0.25) is 0 Å². The van der Waals surface area contributed by atoms with Gasteiger partial charge in [0, 0.05) is 17.9 Å². The number of benzene rings is 2. The third kappa shape index (κ3) is 9.32. The van der Waals surface area contributed by atoms with Crippen molar-refractivity contribution >= 4 is 29.4 Å². The number of nitrogens with two attached hydrogens (primary N) is 2. The third-order valence-corrected chi connectivity index (χ3v) is 5.80. The summed E-state index contributed by atoms with van der Waals surface area (Å²) >= 11 is 0. The summed E-state index contributed by atoms with van der Waals surface area (Å²) in [5.74, 6) is -3.71.